The van der Waals surface area contributed by atoms with Crippen LogP contribution in [0.2, 0.25) is 0 Å². The first kappa shape index (κ1) is 21.0. The third kappa shape index (κ3) is 5.66. The maximum atomic E-state index is 11.7. The largest absolute Gasteiger partial charge is 0.314 e. The van der Waals surface area contributed by atoms with Crippen molar-refractivity contribution in [3.63, 3.8) is 0 Å². The van der Waals surface area contributed by atoms with Gasteiger partial charge in [0.15, 0.2) is 9.84 Å². The Bertz CT molecular complexity index is 974. The van der Waals surface area contributed by atoms with Gasteiger partial charge in [-0.05, 0) is 49.1 Å². The molecule has 0 atom stereocenters. The van der Waals surface area contributed by atoms with E-state index in [0.29, 0.717) is 12.5 Å². The molecule has 1 heterocycles. The zero-order valence-corrected chi connectivity index (χ0v) is 17.2. The highest BCUT2D eigenvalue weighted by Crippen LogP contribution is 2.33. The normalized spacial score (nSPS) is 15.6. The van der Waals surface area contributed by atoms with Crippen molar-refractivity contribution < 1.29 is 18.3 Å². The molecule has 1 aliphatic carbocycles. The second-order valence-corrected chi connectivity index (χ2v) is 9.25. The molecule has 1 aliphatic rings. The molecule has 0 radical (unpaired) electrons. The number of hydrogen-bond acceptors (Lipinski definition) is 6. The van der Waals surface area contributed by atoms with Gasteiger partial charge in [-0.2, -0.15) is 5.10 Å². The number of rotatable bonds is 8. The van der Waals surface area contributed by atoms with Crippen LogP contribution in [0.15, 0.2) is 41.3 Å². The lowest BCUT2D eigenvalue weighted by atomic mass is 9.95. The van der Waals surface area contributed by atoms with E-state index in [1.165, 1.54) is 25.5 Å². The summed E-state index contributed by atoms with van der Waals surface area (Å²) >= 11 is 0. The first-order valence-electron chi connectivity index (χ1n) is 9.68. The van der Waals surface area contributed by atoms with Gasteiger partial charge in [-0.25, -0.2) is 8.42 Å². The summed E-state index contributed by atoms with van der Waals surface area (Å²) in [7, 11) is -3.24. The molecule has 1 saturated carbocycles. The van der Waals surface area contributed by atoms with Crippen LogP contribution in [0.5, 0.6) is 0 Å². The van der Waals surface area contributed by atoms with Crippen LogP contribution in [0.25, 0.3) is 17.3 Å². The molecule has 0 bridgehead atoms. The molecule has 0 saturated heterocycles. The van der Waals surface area contributed by atoms with Gasteiger partial charge in [0.2, 0.25) is 0 Å². The van der Waals surface area contributed by atoms with Gasteiger partial charge >= 0.3 is 0 Å². The van der Waals surface area contributed by atoms with E-state index in [1.54, 1.807) is 18.2 Å². The zero-order chi connectivity index (χ0) is 20.9. The predicted octanol–water partition coefficient (Wildman–Crippen LogP) is 4.07. The molecule has 1 fully saturated rings. The van der Waals surface area contributed by atoms with Crippen LogP contribution < -0.4 is 0 Å². The summed E-state index contributed by atoms with van der Waals surface area (Å²) in [5.41, 5.74) is 2.61. The number of benzene rings is 1. The molecule has 29 heavy (non-hydrogen) atoms. The first-order valence-corrected chi connectivity index (χ1v) is 11.6. The van der Waals surface area contributed by atoms with Crippen LogP contribution in [0.3, 0.4) is 0 Å². The van der Waals surface area contributed by atoms with Gasteiger partial charge in [0, 0.05) is 6.26 Å². The number of hydrogen-bond donors (Lipinski definition) is 0. The number of nitrogens with zero attached hydrogens (tertiary/aromatic N) is 3. The standard InChI is InChI=1S/C20H25N3O5S/c1-29(26,27)19-12-10-16(11-13-19)20-15-17(7-5-6-14-28-23(24)25)21-22(20)18-8-3-2-4-9-18/h5,7,10-13,15,18H,2-4,6,8-9,14H2,1H3/b7-5-. The van der Waals surface area contributed by atoms with E-state index < -0.39 is 14.9 Å². The Balaban J connectivity index is 1.86. The summed E-state index contributed by atoms with van der Waals surface area (Å²) in [4.78, 5) is 14.8. The maximum Gasteiger partial charge on any atom is 0.294 e. The van der Waals surface area contributed by atoms with Crippen molar-refractivity contribution in [1.29, 1.82) is 0 Å². The van der Waals surface area contributed by atoms with Crippen molar-refractivity contribution in [3.05, 3.63) is 52.2 Å². The molecule has 2 aromatic rings. The van der Waals surface area contributed by atoms with Crippen molar-refractivity contribution >= 4 is 15.9 Å². The van der Waals surface area contributed by atoms with E-state index in [4.69, 9.17) is 5.10 Å². The van der Waals surface area contributed by atoms with E-state index in [-0.39, 0.29) is 11.5 Å². The summed E-state index contributed by atoms with van der Waals surface area (Å²) in [6.45, 7) is 0.00659. The second-order valence-electron chi connectivity index (χ2n) is 7.24. The fraction of sp³-hybridized carbons (Fsp3) is 0.450. The van der Waals surface area contributed by atoms with Gasteiger partial charge in [-0.1, -0.05) is 37.5 Å². The average molecular weight is 420 g/mol. The Labute approximate surface area is 170 Å². The van der Waals surface area contributed by atoms with E-state index in [1.807, 2.05) is 29.0 Å². The van der Waals surface area contributed by atoms with Crippen LogP contribution >= 0.6 is 0 Å². The van der Waals surface area contributed by atoms with E-state index >= 15 is 0 Å². The molecule has 0 aliphatic heterocycles. The third-order valence-electron chi connectivity index (χ3n) is 5.02. The molecule has 1 aromatic carbocycles. The van der Waals surface area contributed by atoms with E-state index in [2.05, 4.69) is 4.84 Å². The first-order chi connectivity index (χ1) is 13.8. The molecule has 0 amide bonds. The summed E-state index contributed by atoms with van der Waals surface area (Å²) in [5, 5.41) is 14.2. The molecular formula is C20H25N3O5S. The van der Waals surface area contributed by atoms with Crippen molar-refractivity contribution in [2.45, 2.75) is 49.5 Å². The monoisotopic (exact) mass is 419 g/mol. The molecule has 3 rings (SSSR count). The number of aromatic nitrogens is 2. The zero-order valence-electron chi connectivity index (χ0n) is 16.4. The van der Waals surface area contributed by atoms with Crippen LogP contribution in [-0.2, 0) is 14.7 Å². The molecular weight excluding hydrogens is 394 g/mol. The molecule has 9 heteroatoms. The molecule has 1 aromatic heterocycles. The van der Waals surface area contributed by atoms with Crippen LogP contribution in [-0.4, -0.2) is 36.1 Å². The molecule has 156 valence electrons. The summed E-state index contributed by atoms with van der Waals surface area (Å²) in [6, 6.07) is 9.14. The van der Waals surface area contributed by atoms with Crippen LogP contribution in [0.1, 0.15) is 50.3 Å². The maximum absolute atomic E-state index is 11.7. The fourth-order valence-electron chi connectivity index (χ4n) is 3.59. The quantitative estimate of drug-likeness (QED) is 0.363. The topological polar surface area (TPSA) is 104 Å². The summed E-state index contributed by atoms with van der Waals surface area (Å²) < 4.78 is 25.5. The Hall–Kier alpha value is -2.68. The van der Waals surface area contributed by atoms with Crippen molar-refractivity contribution in [2.24, 2.45) is 0 Å². The van der Waals surface area contributed by atoms with Crippen molar-refractivity contribution in [2.75, 3.05) is 12.9 Å². The Morgan fingerprint density at radius 2 is 1.93 bits per heavy atom. The smallest absolute Gasteiger partial charge is 0.294 e. The summed E-state index contributed by atoms with van der Waals surface area (Å²) in [6.07, 6.45) is 10.9. The predicted molar refractivity (Wildman–Crippen MR) is 109 cm³/mol. The van der Waals surface area contributed by atoms with Crippen LogP contribution in [0, 0.1) is 10.1 Å². The number of sulfone groups is 1. The SMILES string of the molecule is CS(=O)(=O)c1ccc(-c2cc(/C=C\CCO[N+](=O)[O-])nn2C2CCCCC2)cc1. The minimum Gasteiger partial charge on any atom is -0.314 e. The van der Waals surface area contributed by atoms with E-state index in [0.717, 1.165) is 29.8 Å². The van der Waals surface area contributed by atoms with Gasteiger partial charge in [0.05, 0.1) is 28.9 Å². The molecule has 0 unspecified atom stereocenters. The lowest BCUT2D eigenvalue weighted by Gasteiger charge is -2.24. The Morgan fingerprint density at radius 3 is 2.55 bits per heavy atom. The van der Waals surface area contributed by atoms with Gasteiger partial charge in [-0.3, -0.25) is 4.68 Å². The highest BCUT2D eigenvalue weighted by atomic mass is 32.2. The Morgan fingerprint density at radius 1 is 1.24 bits per heavy atom. The van der Waals surface area contributed by atoms with Gasteiger partial charge < -0.3 is 4.84 Å². The summed E-state index contributed by atoms with van der Waals surface area (Å²) in [5.74, 6) is 0. The third-order valence-corrected chi connectivity index (χ3v) is 6.15. The molecule has 0 N–H and O–H groups in total. The highest BCUT2D eigenvalue weighted by molar-refractivity contribution is 7.90. The molecule has 0 spiro atoms. The lowest BCUT2D eigenvalue weighted by Crippen LogP contribution is -2.15. The van der Waals surface area contributed by atoms with Crippen molar-refractivity contribution in [3.8, 4) is 11.3 Å². The van der Waals surface area contributed by atoms with E-state index in [9.17, 15) is 18.5 Å². The lowest BCUT2D eigenvalue weighted by molar-refractivity contribution is -0.757. The second kappa shape index (κ2) is 9.21. The van der Waals surface area contributed by atoms with Gasteiger partial charge in [0.25, 0.3) is 5.09 Å². The average Bonchev–Trinajstić information content (AvgIpc) is 3.12. The minimum atomic E-state index is -3.24. The van der Waals surface area contributed by atoms with Gasteiger partial charge in [-0.15, -0.1) is 10.1 Å². The Kier molecular flexibility index (Phi) is 6.68. The van der Waals surface area contributed by atoms with Gasteiger partial charge in [0.1, 0.15) is 0 Å². The van der Waals surface area contributed by atoms with Crippen molar-refractivity contribution in [1.82, 2.24) is 9.78 Å². The fourth-order valence-corrected chi connectivity index (χ4v) is 4.22. The minimum absolute atomic E-state index is 0.00659. The van der Waals surface area contributed by atoms with Crippen LogP contribution in [0.4, 0.5) is 0 Å². The highest BCUT2D eigenvalue weighted by Gasteiger charge is 2.20. The molecule has 8 nitrogen and oxygen atoms in total.